The van der Waals surface area contributed by atoms with Gasteiger partial charge in [-0.15, -0.1) is 10.2 Å². The molecule has 2 heterocycles. The van der Waals surface area contributed by atoms with E-state index in [4.69, 9.17) is 10.5 Å². The standard InChI is InChI=1S/C12H12N4O2S/c13-12-15-14-10(19-12)7-16-5-6-18-9-4-2-1-3-8(9)11(16)17/h1-4H,5-7H2,(H2,13,15). The van der Waals surface area contributed by atoms with Gasteiger partial charge in [-0.3, -0.25) is 4.79 Å². The number of anilines is 1. The quantitative estimate of drug-likeness (QED) is 0.890. The van der Waals surface area contributed by atoms with Crippen molar-refractivity contribution in [2.24, 2.45) is 0 Å². The highest BCUT2D eigenvalue weighted by atomic mass is 32.1. The molecule has 1 aliphatic rings. The number of carbonyl (C=O) groups excluding carboxylic acids is 1. The van der Waals surface area contributed by atoms with Crippen molar-refractivity contribution in [2.45, 2.75) is 6.54 Å². The van der Waals surface area contributed by atoms with Gasteiger partial charge in [-0.05, 0) is 12.1 Å². The average Bonchev–Trinajstić information content (AvgIpc) is 2.75. The van der Waals surface area contributed by atoms with Gasteiger partial charge < -0.3 is 15.4 Å². The minimum absolute atomic E-state index is 0.0538. The predicted molar refractivity (Wildman–Crippen MR) is 71.0 cm³/mol. The van der Waals surface area contributed by atoms with Gasteiger partial charge in [0.15, 0.2) is 0 Å². The van der Waals surface area contributed by atoms with Gasteiger partial charge in [0.2, 0.25) is 5.13 Å². The molecule has 1 aliphatic heterocycles. The van der Waals surface area contributed by atoms with Gasteiger partial charge in [0.1, 0.15) is 17.4 Å². The van der Waals surface area contributed by atoms with E-state index in [1.54, 1.807) is 17.0 Å². The van der Waals surface area contributed by atoms with E-state index < -0.39 is 0 Å². The van der Waals surface area contributed by atoms with Crippen LogP contribution < -0.4 is 10.5 Å². The Balaban J connectivity index is 1.85. The number of aromatic nitrogens is 2. The number of rotatable bonds is 2. The second kappa shape index (κ2) is 4.85. The van der Waals surface area contributed by atoms with Crippen molar-refractivity contribution in [1.29, 1.82) is 0 Å². The number of amides is 1. The lowest BCUT2D eigenvalue weighted by atomic mass is 10.2. The molecule has 1 aromatic heterocycles. The molecule has 0 radical (unpaired) electrons. The zero-order valence-electron chi connectivity index (χ0n) is 10.1. The third-order valence-electron chi connectivity index (χ3n) is 2.83. The van der Waals surface area contributed by atoms with E-state index in [2.05, 4.69) is 10.2 Å². The van der Waals surface area contributed by atoms with Crippen molar-refractivity contribution in [2.75, 3.05) is 18.9 Å². The molecule has 1 aromatic carbocycles. The summed E-state index contributed by atoms with van der Waals surface area (Å²) in [5, 5.41) is 8.83. The number of hydrogen-bond donors (Lipinski definition) is 1. The lowest BCUT2D eigenvalue weighted by molar-refractivity contribution is 0.0742. The highest BCUT2D eigenvalue weighted by Gasteiger charge is 2.24. The molecule has 0 atom stereocenters. The SMILES string of the molecule is Nc1nnc(CN2CCOc3ccccc3C2=O)s1. The molecule has 2 N–H and O–H groups in total. The van der Waals surface area contributed by atoms with Crippen LogP contribution in [0.5, 0.6) is 5.75 Å². The zero-order chi connectivity index (χ0) is 13.2. The summed E-state index contributed by atoms with van der Waals surface area (Å²) in [6.07, 6.45) is 0. The van der Waals surface area contributed by atoms with Gasteiger partial charge in [0.25, 0.3) is 5.91 Å². The van der Waals surface area contributed by atoms with E-state index in [1.807, 2.05) is 12.1 Å². The smallest absolute Gasteiger partial charge is 0.258 e. The van der Waals surface area contributed by atoms with Crippen LogP contribution in [0.15, 0.2) is 24.3 Å². The maximum Gasteiger partial charge on any atom is 0.258 e. The summed E-state index contributed by atoms with van der Waals surface area (Å²) in [7, 11) is 0. The monoisotopic (exact) mass is 276 g/mol. The minimum atomic E-state index is -0.0538. The number of carbonyl (C=O) groups is 1. The Morgan fingerprint density at radius 1 is 1.37 bits per heavy atom. The van der Waals surface area contributed by atoms with Gasteiger partial charge in [-0.25, -0.2) is 0 Å². The topological polar surface area (TPSA) is 81.3 Å². The molecule has 2 aromatic rings. The molecular weight excluding hydrogens is 264 g/mol. The zero-order valence-corrected chi connectivity index (χ0v) is 10.9. The number of benzene rings is 1. The van der Waals surface area contributed by atoms with E-state index in [1.165, 1.54) is 11.3 Å². The van der Waals surface area contributed by atoms with E-state index >= 15 is 0 Å². The van der Waals surface area contributed by atoms with Crippen LogP contribution in [0.25, 0.3) is 0 Å². The molecule has 3 rings (SSSR count). The molecule has 1 amide bonds. The fourth-order valence-corrected chi connectivity index (χ4v) is 2.58. The van der Waals surface area contributed by atoms with Crippen LogP contribution in [-0.4, -0.2) is 34.2 Å². The second-order valence-electron chi connectivity index (χ2n) is 4.11. The Morgan fingerprint density at radius 3 is 3.00 bits per heavy atom. The lowest BCUT2D eigenvalue weighted by Crippen LogP contribution is -2.31. The fourth-order valence-electron chi connectivity index (χ4n) is 1.95. The van der Waals surface area contributed by atoms with Crippen LogP contribution in [-0.2, 0) is 6.54 Å². The molecule has 0 saturated heterocycles. The van der Waals surface area contributed by atoms with Crippen molar-refractivity contribution in [3.05, 3.63) is 34.8 Å². The number of ether oxygens (including phenoxy) is 1. The number of para-hydroxylation sites is 1. The summed E-state index contributed by atoms with van der Waals surface area (Å²) < 4.78 is 5.57. The maximum absolute atomic E-state index is 12.4. The van der Waals surface area contributed by atoms with Gasteiger partial charge >= 0.3 is 0 Å². The lowest BCUT2D eigenvalue weighted by Gasteiger charge is -2.17. The van der Waals surface area contributed by atoms with Crippen molar-refractivity contribution in [3.8, 4) is 5.75 Å². The van der Waals surface area contributed by atoms with Gasteiger partial charge in [-0.1, -0.05) is 23.5 Å². The summed E-state index contributed by atoms with van der Waals surface area (Å²) in [6, 6.07) is 7.25. The summed E-state index contributed by atoms with van der Waals surface area (Å²) in [6.45, 7) is 1.40. The van der Waals surface area contributed by atoms with Crippen LogP contribution in [0.3, 0.4) is 0 Å². The molecule has 0 bridgehead atoms. The predicted octanol–water partition coefficient (Wildman–Crippen LogP) is 1.16. The first kappa shape index (κ1) is 11.9. The highest BCUT2D eigenvalue weighted by molar-refractivity contribution is 7.15. The largest absolute Gasteiger partial charge is 0.491 e. The molecular formula is C12H12N4O2S. The molecule has 0 saturated carbocycles. The minimum Gasteiger partial charge on any atom is -0.491 e. The summed E-state index contributed by atoms with van der Waals surface area (Å²) in [4.78, 5) is 14.1. The molecule has 7 heteroatoms. The Morgan fingerprint density at radius 2 is 2.21 bits per heavy atom. The van der Waals surface area contributed by atoms with Crippen LogP contribution in [0, 0.1) is 0 Å². The van der Waals surface area contributed by atoms with Crippen LogP contribution in [0.1, 0.15) is 15.4 Å². The first-order valence-electron chi connectivity index (χ1n) is 5.83. The van der Waals surface area contributed by atoms with Crippen molar-refractivity contribution >= 4 is 22.4 Å². The summed E-state index contributed by atoms with van der Waals surface area (Å²) in [5.74, 6) is 0.577. The second-order valence-corrected chi connectivity index (χ2v) is 5.20. The number of nitrogens with zero attached hydrogens (tertiary/aromatic N) is 3. The number of hydrogen-bond acceptors (Lipinski definition) is 6. The fraction of sp³-hybridized carbons (Fsp3) is 0.250. The van der Waals surface area contributed by atoms with Crippen LogP contribution in [0.2, 0.25) is 0 Å². The third-order valence-corrected chi connectivity index (χ3v) is 3.57. The number of fused-ring (bicyclic) bond motifs is 1. The van der Waals surface area contributed by atoms with Gasteiger partial charge in [-0.2, -0.15) is 0 Å². The number of nitrogens with two attached hydrogens (primary N) is 1. The van der Waals surface area contributed by atoms with E-state index in [0.29, 0.717) is 36.1 Å². The molecule has 0 aliphatic carbocycles. The van der Waals surface area contributed by atoms with E-state index in [-0.39, 0.29) is 5.91 Å². The number of nitrogen functional groups attached to an aromatic ring is 1. The summed E-state index contributed by atoms with van der Waals surface area (Å²) >= 11 is 1.29. The molecule has 0 spiro atoms. The van der Waals surface area contributed by atoms with Gasteiger partial charge in [0.05, 0.1) is 18.7 Å². The molecule has 0 unspecified atom stereocenters. The van der Waals surface area contributed by atoms with E-state index in [0.717, 1.165) is 5.01 Å². The highest BCUT2D eigenvalue weighted by Crippen LogP contribution is 2.24. The first-order chi connectivity index (χ1) is 9.24. The molecule has 98 valence electrons. The van der Waals surface area contributed by atoms with Crippen molar-refractivity contribution in [3.63, 3.8) is 0 Å². The Labute approximate surface area is 113 Å². The Kier molecular flexibility index (Phi) is 3.04. The van der Waals surface area contributed by atoms with Crippen molar-refractivity contribution in [1.82, 2.24) is 15.1 Å². The molecule has 0 fully saturated rings. The molecule has 19 heavy (non-hydrogen) atoms. The summed E-state index contributed by atoms with van der Waals surface area (Å²) in [5.41, 5.74) is 6.12. The van der Waals surface area contributed by atoms with Crippen LogP contribution in [0.4, 0.5) is 5.13 Å². The Bertz CT molecular complexity index is 613. The first-order valence-corrected chi connectivity index (χ1v) is 6.64. The average molecular weight is 276 g/mol. The van der Waals surface area contributed by atoms with Crippen LogP contribution >= 0.6 is 11.3 Å². The third kappa shape index (κ3) is 2.37. The van der Waals surface area contributed by atoms with Crippen molar-refractivity contribution < 1.29 is 9.53 Å². The maximum atomic E-state index is 12.4. The van der Waals surface area contributed by atoms with Gasteiger partial charge in [0, 0.05) is 0 Å². The van der Waals surface area contributed by atoms with E-state index in [9.17, 15) is 4.79 Å². The molecule has 6 nitrogen and oxygen atoms in total. The normalized spacial score (nSPS) is 14.7. The Hall–Kier alpha value is -2.15.